The van der Waals surface area contributed by atoms with Crippen LogP contribution in [0.25, 0.3) is 0 Å². The van der Waals surface area contributed by atoms with Crippen molar-refractivity contribution < 1.29 is 4.74 Å². The number of nitrogens with one attached hydrogen (secondary N) is 1. The van der Waals surface area contributed by atoms with Crippen molar-refractivity contribution in [2.75, 3.05) is 30.4 Å². The van der Waals surface area contributed by atoms with E-state index in [1.54, 1.807) is 7.11 Å². The van der Waals surface area contributed by atoms with Gasteiger partial charge in [0.2, 0.25) is 0 Å². The molecule has 0 saturated carbocycles. The van der Waals surface area contributed by atoms with Crippen molar-refractivity contribution in [1.82, 2.24) is 0 Å². The van der Waals surface area contributed by atoms with Gasteiger partial charge in [-0.15, -0.1) is 0 Å². The van der Waals surface area contributed by atoms with E-state index in [0.717, 1.165) is 23.3 Å². The smallest absolute Gasteiger partial charge is 0.119 e. The third-order valence-corrected chi connectivity index (χ3v) is 3.78. The molecule has 0 fully saturated rings. The van der Waals surface area contributed by atoms with Crippen molar-refractivity contribution in [3.05, 3.63) is 46.9 Å². The normalized spacial score (nSPS) is 13.7. The highest BCUT2D eigenvalue weighted by molar-refractivity contribution is 9.10. The highest BCUT2D eigenvalue weighted by Crippen LogP contribution is 2.36. The van der Waals surface area contributed by atoms with Gasteiger partial charge in [-0.1, -0.05) is 15.9 Å². The van der Waals surface area contributed by atoms with Gasteiger partial charge in [-0.25, -0.2) is 0 Å². The standard InChI is InChI=1S/C15H15BrN2O/c1-19-13-5-3-12(4-6-13)18-9-8-17-14-7-2-11(16)10-15(14)18/h2-7,10,17H,8-9H2,1H3. The van der Waals surface area contributed by atoms with Gasteiger partial charge in [0.05, 0.1) is 18.5 Å². The minimum absolute atomic E-state index is 0.883. The van der Waals surface area contributed by atoms with E-state index in [1.165, 1.54) is 17.1 Å². The van der Waals surface area contributed by atoms with Gasteiger partial charge in [0.15, 0.2) is 0 Å². The Hall–Kier alpha value is -1.68. The molecule has 2 aromatic carbocycles. The topological polar surface area (TPSA) is 24.5 Å². The molecule has 0 spiro atoms. The maximum atomic E-state index is 5.21. The maximum Gasteiger partial charge on any atom is 0.119 e. The Kier molecular flexibility index (Phi) is 3.34. The zero-order valence-electron chi connectivity index (χ0n) is 10.7. The monoisotopic (exact) mass is 318 g/mol. The van der Waals surface area contributed by atoms with E-state index in [-0.39, 0.29) is 0 Å². The summed E-state index contributed by atoms with van der Waals surface area (Å²) in [6.07, 6.45) is 0. The van der Waals surface area contributed by atoms with Crippen LogP contribution < -0.4 is 15.0 Å². The van der Waals surface area contributed by atoms with Crippen LogP contribution in [-0.2, 0) is 0 Å². The number of fused-ring (bicyclic) bond motifs is 1. The van der Waals surface area contributed by atoms with Crippen LogP contribution in [0.5, 0.6) is 5.75 Å². The lowest BCUT2D eigenvalue weighted by Gasteiger charge is -2.32. The number of benzene rings is 2. The summed E-state index contributed by atoms with van der Waals surface area (Å²) in [5.74, 6) is 0.883. The molecule has 4 heteroatoms. The molecule has 1 aliphatic heterocycles. The molecule has 2 aromatic rings. The first kappa shape index (κ1) is 12.4. The van der Waals surface area contributed by atoms with E-state index >= 15 is 0 Å². The lowest BCUT2D eigenvalue weighted by atomic mass is 10.1. The number of nitrogens with zero attached hydrogens (tertiary/aromatic N) is 1. The van der Waals surface area contributed by atoms with Crippen LogP contribution in [0, 0.1) is 0 Å². The Labute approximate surface area is 121 Å². The molecular formula is C15H15BrN2O. The van der Waals surface area contributed by atoms with Gasteiger partial charge in [0.25, 0.3) is 0 Å². The number of rotatable bonds is 2. The SMILES string of the molecule is COc1ccc(N2CCNc3ccc(Br)cc32)cc1. The first-order valence-corrected chi connectivity index (χ1v) is 7.02. The number of anilines is 3. The van der Waals surface area contributed by atoms with Gasteiger partial charge in [-0.3, -0.25) is 0 Å². The number of halogens is 1. The molecule has 3 nitrogen and oxygen atoms in total. The molecule has 0 saturated heterocycles. The van der Waals surface area contributed by atoms with E-state index in [9.17, 15) is 0 Å². The van der Waals surface area contributed by atoms with E-state index < -0.39 is 0 Å². The largest absolute Gasteiger partial charge is 0.497 e. The second-order valence-electron chi connectivity index (χ2n) is 4.44. The molecule has 0 aromatic heterocycles. The molecule has 19 heavy (non-hydrogen) atoms. The molecule has 0 bridgehead atoms. The lowest BCUT2D eigenvalue weighted by molar-refractivity contribution is 0.415. The first-order chi connectivity index (χ1) is 9.28. The zero-order valence-corrected chi connectivity index (χ0v) is 12.3. The predicted molar refractivity (Wildman–Crippen MR) is 82.6 cm³/mol. The quantitative estimate of drug-likeness (QED) is 0.905. The molecule has 0 amide bonds. The second kappa shape index (κ2) is 5.13. The van der Waals surface area contributed by atoms with E-state index in [1.807, 2.05) is 12.1 Å². The fourth-order valence-corrected chi connectivity index (χ4v) is 2.68. The number of methoxy groups -OCH3 is 1. The van der Waals surface area contributed by atoms with Crippen molar-refractivity contribution >= 4 is 33.0 Å². The molecule has 98 valence electrons. The number of hydrogen-bond donors (Lipinski definition) is 1. The van der Waals surface area contributed by atoms with E-state index in [4.69, 9.17) is 4.74 Å². The summed E-state index contributed by atoms with van der Waals surface area (Å²) < 4.78 is 6.30. The van der Waals surface area contributed by atoms with Gasteiger partial charge in [0, 0.05) is 23.2 Å². The highest BCUT2D eigenvalue weighted by Gasteiger charge is 2.18. The van der Waals surface area contributed by atoms with Crippen molar-refractivity contribution in [1.29, 1.82) is 0 Å². The van der Waals surface area contributed by atoms with Crippen LogP contribution in [0.1, 0.15) is 0 Å². The molecule has 1 aliphatic rings. The van der Waals surface area contributed by atoms with Crippen LogP contribution >= 0.6 is 15.9 Å². The minimum atomic E-state index is 0.883. The molecular weight excluding hydrogens is 304 g/mol. The fraction of sp³-hybridized carbons (Fsp3) is 0.200. The van der Waals surface area contributed by atoms with Gasteiger partial charge in [-0.2, -0.15) is 0 Å². The van der Waals surface area contributed by atoms with Gasteiger partial charge >= 0.3 is 0 Å². The Balaban J connectivity index is 2.00. The van der Waals surface area contributed by atoms with Gasteiger partial charge < -0.3 is 15.0 Å². The average molecular weight is 319 g/mol. The molecule has 0 unspecified atom stereocenters. The third kappa shape index (κ3) is 2.40. The minimum Gasteiger partial charge on any atom is -0.497 e. The maximum absolute atomic E-state index is 5.21. The third-order valence-electron chi connectivity index (χ3n) is 3.29. The van der Waals surface area contributed by atoms with Crippen molar-refractivity contribution in [3.63, 3.8) is 0 Å². The summed E-state index contributed by atoms with van der Waals surface area (Å²) in [6, 6.07) is 14.5. The van der Waals surface area contributed by atoms with Gasteiger partial charge in [0.1, 0.15) is 5.75 Å². The molecule has 0 aliphatic carbocycles. The molecule has 1 heterocycles. The van der Waals surface area contributed by atoms with Crippen LogP contribution in [0.3, 0.4) is 0 Å². The molecule has 0 radical (unpaired) electrons. The molecule has 1 N–H and O–H groups in total. The van der Waals surface area contributed by atoms with Crippen LogP contribution in [0.15, 0.2) is 46.9 Å². The van der Waals surface area contributed by atoms with E-state index in [2.05, 4.69) is 56.5 Å². The van der Waals surface area contributed by atoms with Crippen LogP contribution in [0.2, 0.25) is 0 Å². The number of ether oxygens (including phenoxy) is 1. The van der Waals surface area contributed by atoms with Crippen LogP contribution in [0.4, 0.5) is 17.1 Å². The lowest BCUT2D eigenvalue weighted by Crippen LogP contribution is -2.30. The Morgan fingerprint density at radius 2 is 1.95 bits per heavy atom. The number of hydrogen-bond acceptors (Lipinski definition) is 3. The molecule has 3 rings (SSSR count). The zero-order chi connectivity index (χ0) is 13.2. The fourth-order valence-electron chi connectivity index (χ4n) is 2.33. The van der Waals surface area contributed by atoms with Crippen molar-refractivity contribution in [2.45, 2.75) is 0 Å². The Morgan fingerprint density at radius 3 is 2.68 bits per heavy atom. The van der Waals surface area contributed by atoms with Crippen molar-refractivity contribution in [2.24, 2.45) is 0 Å². The summed E-state index contributed by atoms with van der Waals surface area (Å²) in [7, 11) is 1.69. The molecule has 0 atom stereocenters. The van der Waals surface area contributed by atoms with Crippen LogP contribution in [-0.4, -0.2) is 20.2 Å². The summed E-state index contributed by atoms with van der Waals surface area (Å²) in [6.45, 7) is 1.90. The highest BCUT2D eigenvalue weighted by atomic mass is 79.9. The average Bonchev–Trinajstić information content (AvgIpc) is 2.47. The Bertz CT molecular complexity index is 583. The van der Waals surface area contributed by atoms with Gasteiger partial charge in [-0.05, 0) is 42.5 Å². The summed E-state index contributed by atoms with van der Waals surface area (Å²) in [5, 5.41) is 3.42. The second-order valence-corrected chi connectivity index (χ2v) is 5.35. The summed E-state index contributed by atoms with van der Waals surface area (Å²) >= 11 is 3.54. The predicted octanol–water partition coefficient (Wildman–Crippen LogP) is 4.02. The van der Waals surface area contributed by atoms with E-state index in [0.29, 0.717) is 0 Å². The summed E-state index contributed by atoms with van der Waals surface area (Å²) in [5.41, 5.74) is 3.55. The van der Waals surface area contributed by atoms with Crippen molar-refractivity contribution in [3.8, 4) is 5.75 Å². The summed E-state index contributed by atoms with van der Waals surface area (Å²) in [4.78, 5) is 2.32. The Morgan fingerprint density at radius 1 is 1.16 bits per heavy atom. The first-order valence-electron chi connectivity index (χ1n) is 6.23.